The molecule has 2 aromatic carbocycles. The van der Waals surface area contributed by atoms with Crippen molar-refractivity contribution in [3.63, 3.8) is 0 Å². The van der Waals surface area contributed by atoms with Gasteiger partial charge in [0, 0.05) is 30.7 Å². The molecule has 7 nitrogen and oxygen atoms in total. The van der Waals surface area contributed by atoms with E-state index in [0.29, 0.717) is 16.9 Å². The van der Waals surface area contributed by atoms with Crippen LogP contribution in [0.15, 0.2) is 67.1 Å². The average molecular weight is 411 g/mol. The third-order valence-electron chi connectivity index (χ3n) is 4.84. The van der Waals surface area contributed by atoms with E-state index in [0.717, 1.165) is 17.0 Å². The smallest absolute Gasteiger partial charge is 0.280 e. The molecule has 0 aliphatic carbocycles. The highest BCUT2D eigenvalue weighted by Gasteiger charge is 2.20. The second-order valence-corrected chi connectivity index (χ2v) is 7.33. The van der Waals surface area contributed by atoms with Gasteiger partial charge in [0.15, 0.2) is 11.3 Å². The van der Waals surface area contributed by atoms with E-state index in [2.05, 4.69) is 16.0 Å². The summed E-state index contributed by atoms with van der Waals surface area (Å²) in [5.74, 6) is 0.516. The van der Waals surface area contributed by atoms with Crippen molar-refractivity contribution in [2.75, 3.05) is 11.9 Å². The highest BCUT2D eigenvalue weighted by Crippen LogP contribution is 2.25. The Morgan fingerprint density at radius 3 is 2.45 bits per heavy atom. The summed E-state index contributed by atoms with van der Waals surface area (Å²) in [7, 11) is 1.67. The van der Waals surface area contributed by atoms with Gasteiger partial charge in [-0.2, -0.15) is 5.26 Å². The number of rotatable bonds is 5. The molecule has 4 rings (SSSR count). The largest absolute Gasteiger partial charge is 0.491 e. The van der Waals surface area contributed by atoms with Gasteiger partial charge in [0.1, 0.15) is 5.75 Å². The summed E-state index contributed by atoms with van der Waals surface area (Å²) < 4.78 is 7.56. The lowest BCUT2D eigenvalue weighted by molar-refractivity contribution is 0.0989. The molecule has 1 amide bonds. The van der Waals surface area contributed by atoms with Gasteiger partial charge in [-0.3, -0.25) is 9.20 Å². The summed E-state index contributed by atoms with van der Waals surface area (Å²) in [4.78, 5) is 23.4. The minimum absolute atomic E-state index is 0.106. The number of aromatic nitrogens is 3. The highest BCUT2D eigenvalue weighted by molar-refractivity contribution is 6.08. The predicted molar refractivity (Wildman–Crippen MR) is 118 cm³/mol. The minimum Gasteiger partial charge on any atom is -0.491 e. The fourth-order valence-corrected chi connectivity index (χ4v) is 3.30. The van der Waals surface area contributed by atoms with E-state index in [-0.39, 0.29) is 17.7 Å². The number of nitrogens with zero attached hydrogens (tertiary/aromatic N) is 5. The molecule has 154 valence electrons. The van der Waals surface area contributed by atoms with Crippen molar-refractivity contribution >= 4 is 17.2 Å². The van der Waals surface area contributed by atoms with Crippen LogP contribution in [-0.4, -0.2) is 33.4 Å². The molecule has 0 aliphatic rings. The number of hydrogen-bond donors (Lipinski definition) is 0. The van der Waals surface area contributed by atoms with Crippen molar-refractivity contribution in [2.24, 2.45) is 0 Å². The number of carbonyl (C=O) groups excluding carboxylic acids is 1. The number of carbonyl (C=O) groups is 1. The fourth-order valence-electron chi connectivity index (χ4n) is 3.30. The quantitative estimate of drug-likeness (QED) is 0.488. The fraction of sp³-hybridized carbons (Fsp3) is 0.167. The molecule has 0 spiro atoms. The van der Waals surface area contributed by atoms with Crippen molar-refractivity contribution in [1.82, 2.24) is 14.4 Å². The van der Waals surface area contributed by atoms with Crippen molar-refractivity contribution in [2.45, 2.75) is 20.0 Å². The number of amides is 1. The van der Waals surface area contributed by atoms with Gasteiger partial charge in [-0.1, -0.05) is 0 Å². The molecule has 2 aromatic heterocycles. The molecule has 0 saturated carbocycles. The molecule has 0 unspecified atom stereocenters. The minimum atomic E-state index is -0.284. The molecule has 2 heterocycles. The van der Waals surface area contributed by atoms with Gasteiger partial charge < -0.3 is 9.64 Å². The van der Waals surface area contributed by atoms with E-state index in [1.54, 1.807) is 49.9 Å². The number of ether oxygens (including phenoxy) is 1. The monoisotopic (exact) mass is 411 g/mol. The van der Waals surface area contributed by atoms with Gasteiger partial charge in [-0.25, -0.2) is 9.97 Å². The van der Waals surface area contributed by atoms with E-state index in [1.165, 1.54) is 4.90 Å². The molecule has 0 atom stereocenters. The SMILES string of the molecule is CC(C)Oc1ccc(-c2cnc3c(C(=O)N(C)c4ccc(C#N)cc4)nccn23)cc1. The van der Waals surface area contributed by atoms with Crippen LogP contribution in [0.4, 0.5) is 5.69 Å². The summed E-state index contributed by atoms with van der Waals surface area (Å²) in [5.41, 5.74) is 3.73. The third-order valence-corrected chi connectivity index (χ3v) is 4.84. The Balaban J connectivity index is 1.67. The standard InChI is InChI=1S/C24H21N5O2/c1-16(2)31-20-10-6-18(7-11-20)21-15-27-23-22(26-12-13-29(21)23)24(30)28(3)19-8-4-17(14-25)5-9-19/h4-13,15-16H,1-3H3. The topological polar surface area (TPSA) is 83.5 Å². The van der Waals surface area contributed by atoms with E-state index in [4.69, 9.17) is 10.00 Å². The van der Waals surface area contributed by atoms with Crippen molar-refractivity contribution in [3.05, 3.63) is 78.4 Å². The van der Waals surface area contributed by atoms with Gasteiger partial charge in [-0.05, 0) is 62.4 Å². The van der Waals surface area contributed by atoms with Gasteiger partial charge >= 0.3 is 0 Å². The zero-order chi connectivity index (χ0) is 22.0. The maximum atomic E-state index is 13.1. The maximum absolute atomic E-state index is 13.1. The second-order valence-electron chi connectivity index (χ2n) is 7.33. The molecule has 0 aliphatic heterocycles. The normalized spacial score (nSPS) is 10.8. The molecule has 0 radical (unpaired) electrons. The van der Waals surface area contributed by atoms with Gasteiger partial charge in [0.2, 0.25) is 0 Å². The molecular formula is C24H21N5O2. The van der Waals surface area contributed by atoms with Gasteiger partial charge in [-0.15, -0.1) is 0 Å². The molecular weight excluding hydrogens is 390 g/mol. The third kappa shape index (κ3) is 3.96. The number of hydrogen-bond acceptors (Lipinski definition) is 5. The summed E-state index contributed by atoms with van der Waals surface area (Å²) in [6.45, 7) is 3.97. The Kier molecular flexibility index (Phi) is 5.37. The number of nitriles is 1. The summed E-state index contributed by atoms with van der Waals surface area (Å²) >= 11 is 0. The first kappa shape index (κ1) is 20.1. The molecule has 0 saturated heterocycles. The van der Waals surface area contributed by atoms with E-state index in [9.17, 15) is 4.79 Å². The van der Waals surface area contributed by atoms with Gasteiger partial charge in [0.25, 0.3) is 5.91 Å². The second kappa shape index (κ2) is 8.28. The Labute approximate surface area is 180 Å². The number of fused-ring (bicyclic) bond motifs is 1. The van der Waals surface area contributed by atoms with Crippen LogP contribution in [0.3, 0.4) is 0 Å². The number of anilines is 1. The Morgan fingerprint density at radius 2 is 1.81 bits per heavy atom. The molecule has 4 aromatic rings. The zero-order valence-corrected chi connectivity index (χ0v) is 17.5. The Morgan fingerprint density at radius 1 is 1.10 bits per heavy atom. The van der Waals surface area contributed by atoms with Crippen molar-refractivity contribution in [3.8, 4) is 23.1 Å². The van der Waals surface area contributed by atoms with E-state index in [1.807, 2.05) is 42.5 Å². The Bertz CT molecular complexity index is 1270. The van der Waals surface area contributed by atoms with E-state index < -0.39 is 0 Å². The van der Waals surface area contributed by atoms with Crippen LogP contribution in [0.25, 0.3) is 16.9 Å². The van der Waals surface area contributed by atoms with Crippen LogP contribution in [0.5, 0.6) is 5.75 Å². The van der Waals surface area contributed by atoms with Crippen LogP contribution >= 0.6 is 0 Å². The summed E-state index contributed by atoms with van der Waals surface area (Å²) in [6.07, 6.45) is 5.21. The van der Waals surface area contributed by atoms with Crippen LogP contribution in [-0.2, 0) is 0 Å². The number of imidazole rings is 1. The van der Waals surface area contributed by atoms with Crippen LogP contribution in [0.1, 0.15) is 29.9 Å². The highest BCUT2D eigenvalue weighted by atomic mass is 16.5. The predicted octanol–water partition coefficient (Wildman–Crippen LogP) is 4.33. The molecule has 0 bridgehead atoms. The van der Waals surface area contributed by atoms with Crippen LogP contribution < -0.4 is 9.64 Å². The Hall–Kier alpha value is -4.18. The van der Waals surface area contributed by atoms with Gasteiger partial charge in [0.05, 0.1) is 29.6 Å². The van der Waals surface area contributed by atoms with Crippen molar-refractivity contribution < 1.29 is 9.53 Å². The molecule has 7 heteroatoms. The lowest BCUT2D eigenvalue weighted by Gasteiger charge is -2.17. The molecule has 31 heavy (non-hydrogen) atoms. The first-order chi connectivity index (χ1) is 15.0. The first-order valence-electron chi connectivity index (χ1n) is 9.85. The summed E-state index contributed by atoms with van der Waals surface area (Å²) in [5, 5.41) is 8.96. The van der Waals surface area contributed by atoms with Crippen molar-refractivity contribution in [1.29, 1.82) is 5.26 Å². The van der Waals surface area contributed by atoms with Crippen LogP contribution in [0.2, 0.25) is 0 Å². The number of benzene rings is 2. The zero-order valence-electron chi connectivity index (χ0n) is 17.5. The lowest BCUT2D eigenvalue weighted by Crippen LogP contribution is -2.27. The summed E-state index contributed by atoms with van der Waals surface area (Å²) in [6, 6.07) is 16.6. The lowest BCUT2D eigenvalue weighted by atomic mass is 10.1. The first-order valence-corrected chi connectivity index (χ1v) is 9.85. The van der Waals surface area contributed by atoms with E-state index >= 15 is 0 Å². The molecule has 0 fully saturated rings. The maximum Gasteiger partial charge on any atom is 0.280 e. The van der Waals surface area contributed by atoms with Crippen LogP contribution in [0, 0.1) is 11.3 Å². The average Bonchev–Trinajstić information content (AvgIpc) is 3.22. The molecule has 0 N–H and O–H groups in total.